The number of hydrogen-bond acceptors (Lipinski definition) is 6. The Balaban J connectivity index is 1.59. The summed E-state index contributed by atoms with van der Waals surface area (Å²) in [6.07, 6.45) is -2.67. The van der Waals surface area contributed by atoms with Crippen molar-refractivity contribution in [3.05, 3.63) is 33.9 Å². The zero-order valence-corrected chi connectivity index (χ0v) is 16.7. The van der Waals surface area contributed by atoms with Crippen LogP contribution in [0.5, 0.6) is 0 Å². The number of piperazine rings is 1. The SMILES string of the molecule is CC(C(=O)NCC1CCCO1)N1CCN(c2ccc(C(F)(F)F)cc2[N+](=O)[O-])CC1. The molecule has 30 heavy (non-hydrogen) atoms. The first-order valence-corrected chi connectivity index (χ1v) is 9.91. The zero-order valence-electron chi connectivity index (χ0n) is 16.7. The van der Waals surface area contributed by atoms with E-state index in [-0.39, 0.29) is 23.7 Å². The average molecular weight is 430 g/mol. The summed E-state index contributed by atoms with van der Waals surface area (Å²) in [7, 11) is 0. The van der Waals surface area contributed by atoms with Crippen molar-refractivity contribution < 1.29 is 27.6 Å². The fourth-order valence-corrected chi connectivity index (χ4v) is 3.80. The maximum atomic E-state index is 12.9. The van der Waals surface area contributed by atoms with Crippen molar-refractivity contribution in [1.29, 1.82) is 0 Å². The van der Waals surface area contributed by atoms with Gasteiger partial charge in [0, 0.05) is 45.4 Å². The second kappa shape index (κ2) is 9.17. The number of halogens is 3. The van der Waals surface area contributed by atoms with Gasteiger partial charge in [-0.15, -0.1) is 0 Å². The van der Waals surface area contributed by atoms with Crippen LogP contribution in [0.15, 0.2) is 18.2 Å². The van der Waals surface area contributed by atoms with Crippen molar-refractivity contribution >= 4 is 17.3 Å². The first-order valence-electron chi connectivity index (χ1n) is 9.91. The van der Waals surface area contributed by atoms with Crippen molar-refractivity contribution in [3.63, 3.8) is 0 Å². The summed E-state index contributed by atoms with van der Waals surface area (Å²) in [6, 6.07) is 2.20. The molecule has 0 saturated carbocycles. The molecule has 166 valence electrons. The first kappa shape index (κ1) is 22.3. The summed E-state index contributed by atoms with van der Waals surface area (Å²) in [6.45, 7) is 4.65. The Morgan fingerprint density at radius 3 is 2.60 bits per heavy atom. The van der Waals surface area contributed by atoms with Crippen molar-refractivity contribution in [2.24, 2.45) is 0 Å². The molecule has 2 fully saturated rings. The molecular formula is C19H25F3N4O4. The topological polar surface area (TPSA) is 88.0 Å². The Morgan fingerprint density at radius 1 is 1.33 bits per heavy atom. The monoisotopic (exact) mass is 430 g/mol. The minimum atomic E-state index is -4.64. The van der Waals surface area contributed by atoms with Crippen LogP contribution in [-0.2, 0) is 15.7 Å². The molecule has 2 aliphatic rings. The molecule has 2 unspecified atom stereocenters. The maximum absolute atomic E-state index is 12.9. The second-order valence-corrected chi connectivity index (χ2v) is 7.54. The third-order valence-electron chi connectivity index (χ3n) is 5.61. The number of nitrogens with zero attached hydrogens (tertiary/aromatic N) is 3. The summed E-state index contributed by atoms with van der Waals surface area (Å²) >= 11 is 0. The quantitative estimate of drug-likeness (QED) is 0.551. The van der Waals surface area contributed by atoms with Gasteiger partial charge in [-0.25, -0.2) is 0 Å². The van der Waals surface area contributed by atoms with Gasteiger partial charge in [-0.1, -0.05) is 0 Å². The van der Waals surface area contributed by atoms with Crippen molar-refractivity contribution in [1.82, 2.24) is 10.2 Å². The van der Waals surface area contributed by atoms with E-state index in [9.17, 15) is 28.1 Å². The minimum Gasteiger partial charge on any atom is -0.376 e. The number of carbonyl (C=O) groups is 1. The molecule has 1 aromatic rings. The third-order valence-corrected chi connectivity index (χ3v) is 5.61. The highest BCUT2D eigenvalue weighted by Gasteiger charge is 2.35. The highest BCUT2D eigenvalue weighted by molar-refractivity contribution is 5.81. The highest BCUT2D eigenvalue weighted by atomic mass is 19.4. The fourth-order valence-electron chi connectivity index (χ4n) is 3.80. The van der Waals surface area contributed by atoms with E-state index >= 15 is 0 Å². The lowest BCUT2D eigenvalue weighted by Crippen LogP contribution is -2.54. The Hall–Kier alpha value is -2.40. The number of hydrogen-bond donors (Lipinski definition) is 1. The van der Waals surface area contributed by atoms with Gasteiger partial charge in [-0.3, -0.25) is 19.8 Å². The van der Waals surface area contributed by atoms with Crippen molar-refractivity contribution in [2.45, 2.75) is 38.1 Å². The molecule has 1 N–H and O–H groups in total. The van der Waals surface area contributed by atoms with Crippen LogP contribution in [0.3, 0.4) is 0 Å². The second-order valence-electron chi connectivity index (χ2n) is 7.54. The average Bonchev–Trinajstić information content (AvgIpc) is 3.24. The van der Waals surface area contributed by atoms with E-state index in [1.807, 2.05) is 4.90 Å². The van der Waals surface area contributed by atoms with Gasteiger partial charge in [0.25, 0.3) is 5.69 Å². The van der Waals surface area contributed by atoms with Gasteiger partial charge < -0.3 is 15.0 Å². The van der Waals surface area contributed by atoms with E-state index in [1.165, 1.54) is 0 Å². The number of rotatable bonds is 6. The number of benzene rings is 1. The van der Waals surface area contributed by atoms with Gasteiger partial charge in [0.2, 0.25) is 5.91 Å². The van der Waals surface area contributed by atoms with Crippen LogP contribution in [0.1, 0.15) is 25.3 Å². The van der Waals surface area contributed by atoms with E-state index in [1.54, 1.807) is 11.8 Å². The third kappa shape index (κ3) is 5.20. The van der Waals surface area contributed by atoms with E-state index in [4.69, 9.17) is 4.74 Å². The normalized spacial score (nSPS) is 21.5. The number of anilines is 1. The molecule has 2 atom stereocenters. The van der Waals surface area contributed by atoms with Crippen molar-refractivity contribution in [2.75, 3.05) is 44.2 Å². The predicted octanol–water partition coefficient (Wildman–Crippen LogP) is 2.42. The van der Waals surface area contributed by atoms with E-state index in [0.717, 1.165) is 25.0 Å². The number of nitrogens with one attached hydrogen (secondary N) is 1. The molecule has 0 spiro atoms. The molecule has 0 bridgehead atoms. The molecular weight excluding hydrogens is 405 g/mol. The van der Waals surface area contributed by atoms with Crippen LogP contribution >= 0.6 is 0 Å². The largest absolute Gasteiger partial charge is 0.416 e. The standard InChI is InChI=1S/C19H25F3N4O4/c1-13(18(27)23-12-15-3-2-10-30-15)24-6-8-25(9-7-24)16-5-4-14(19(20,21)22)11-17(16)26(28)29/h4-5,11,13,15H,2-3,6-10,12H2,1H3,(H,23,27). The number of amides is 1. The Bertz CT molecular complexity index is 776. The van der Waals surface area contributed by atoms with Gasteiger partial charge in [0.1, 0.15) is 5.69 Å². The van der Waals surface area contributed by atoms with Gasteiger partial charge in [0.15, 0.2) is 0 Å². The van der Waals surface area contributed by atoms with Gasteiger partial charge in [-0.05, 0) is 31.9 Å². The summed E-state index contributed by atoms with van der Waals surface area (Å²) < 4.78 is 44.2. The molecule has 1 aromatic carbocycles. The van der Waals surface area contributed by atoms with E-state index in [2.05, 4.69) is 5.32 Å². The Labute approximate surface area is 172 Å². The van der Waals surface area contributed by atoms with Crippen LogP contribution in [0.25, 0.3) is 0 Å². The first-order chi connectivity index (χ1) is 14.2. The maximum Gasteiger partial charge on any atom is 0.416 e. The predicted molar refractivity (Wildman–Crippen MR) is 103 cm³/mol. The Kier molecular flexibility index (Phi) is 6.81. The van der Waals surface area contributed by atoms with Crippen LogP contribution in [-0.4, -0.2) is 67.2 Å². The number of carbonyl (C=O) groups excluding carboxylic acids is 1. The summed E-state index contributed by atoms with van der Waals surface area (Å²) in [4.78, 5) is 26.6. The van der Waals surface area contributed by atoms with Gasteiger partial charge in [-0.2, -0.15) is 13.2 Å². The number of nitro groups is 1. The highest BCUT2D eigenvalue weighted by Crippen LogP contribution is 2.36. The van der Waals surface area contributed by atoms with Crippen molar-refractivity contribution in [3.8, 4) is 0 Å². The zero-order chi connectivity index (χ0) is 21.9. The summed E-state index contributed by atoms with van der Waals surface area (Å²) in [5.41, 5.74) is -1.46. The fraction of sp³-hybridized carbons (Fsp3) is 0.632. The lowest BCUT2D eigenvalue weighted by Gasteiger charge is -2.38. The molecule has 0 aliphatic carbocycles. The molecule has 0 aromatic heterocycles. The van der Waals surface area contributed by atoms with Gasteiger partial charge in [0.05, 0.1) is 22.6 Å². The van der Waals surface area contributed by atoms with Crippen LogP contribution < -0.4 is 10.2 Å². The molecule has 0 radical (unpaired) electrons. The molecule has 2 saturated heterocycles. The van der Waals surface area contributed by atoms with Crippen LogP contribution in [0.4, 0.5) is 24.5 Å². The van der Waals surface area contributed by atoms with Crippen LogP contribution in [0, 0.1) is 10.1 Å². The molecule has 2 heterocycles. The molecule has 3 rings (SSSR count). The number of alkyl halides is 3. The Morgan fingerprint density at radius 2 is 2.03 bits per heavy atom. The smallest absolute Gasteiger partial charge is 0.376 e. The minimum absolute atomic E-state index is 0.0539. The molecule has 1 amide bonds. The number of ether oxygens (including phenoxy) is 1. The summed E-state index contributed by atoms with van der Waals surface area (Å²) in [5, 5.41) is 14.2. The lowest BCUT2D eigenvalue weighted by molar-refractivity contribution is -0.384. The van der Waals surface area contributed by atoms with Crippen LogP contribution in [0.2, 0.25) is 0 Å². The summed E-state index contributed by atoms with van der Waals surface area (Å²) in [5.74, 6) is -0.112. The van der Waals surface area contributed by atoms with Gasteiger partial charge >= 0.3 is 6.18 Å². The lowest BCUT2D eigenvalue weighted by atomic mass is 10.1. The molecule has 11 heteroatoms. The molecule has 2 aliphatic heterocycles. The number of nitro benzene ring substituents is 1. The van der Waals surface area contributed by atoms with E-state index in [0.29, 0.717) is 45.4 Å². The molecule has 8 nitrogen and oxygen atoms in total. The van der Waals surface area contributed by atoms with E-state index < -0.39 is 22.4 Å².